The lowest BCUT2D eigenvalue weighted by molar-refractivity contribution is 0.0374. The van der Waals surface area contributed by atoms with E-state index in [1.165, 1.54) is 0 Å². The van der Waals surface area contributed by atoms with E-state index >= 15 is 0 Å². The van der Waals surface area contributed by atoms with Crippen molar-refractivity contribution in [1.29, 1.82) is 0 Å². The van der Waals surface area contributed by atoms with Gasteiger partial charge in [-0.2, -0.15) is 5.10 Å². The molecule has 17 heavy (non-hydrogen) atoms. The Kier molecular flexibility index (Phi) is 3.76. The third-order valence-corrected chi connectivity index (χ3v) is 3.82. The number of halogens is 1. The van der Waals surface area contributed by atoms with Gasteiger partial charge in [0.05, 0.1) is 23.0 Å². The number of hydrogen-bond acceptors (Lipinski definition) is 3. The first-order chi connectivity index (χ1) is 8.06. The summed E-state index contributed by atoms with van der Waals surface area (Å²) in [6.45, 7) is 6.24. The average molecular weight is 258 g/mol. The molecule has 1 unspecified atom stereocenters. The molecule has 2 heterocycles. The zero-order valence-electron chi connectivity index (χ0n) is 10.5. The highest BCUT2D eigenvalue weighted by molar-refractivity contribution is 6.31. The van der Waals surface area contributed by atoms with Gasteiger partial charge in [-0.1, -0.05) is 11.6 Å². The Morgan fingerprint density at radius 1 is 1.59 bits per heavy atom. The third kappa shape index (κ3) is 2.64. The van der Waals surface area contributed by atoms with Crippen molar-refractivity contribution in [3.8, 4) is 0 Å². The van der Waals surface area contributed by atoms with Crippen molar-refractivity contribution in [3.05, 3.63) is 16.4 Å². The van der Waals surface area contributed by atoms with Crippen LogP contribution in [0.25, 0.3) is 0 Å². The first-order valence-corrected chi connectivity index (χ1v) is 6.52. The highest BCUT2D eigenvalue weighted by Gasteiger charge is 2.31. The van der Waals surface area contributed by atoms with Crippen LogP contribution < -0.4 is 5.73 Å². The number of rotatable bonds is 3. The fraction of sp³-hybridized carbons (Fsp3) is 0.750. The second kappa shape index (κ2) is 4.96. The van der Waals surface area contributed by atoms with E-state index in [9.17, 15) is 0 Å². The summed E-state index contributed by atoms with van der Waals surface area (Å²) in [6, 6.07) is 0. The van der Waals surface area contributed by atoms with Crippen molar-refractivity contribution in [3.63, 3.8) is 0 Å². The number of ether oxygens (including phenoxy) is 1. The Balaban J connectivity index is 2.22. The molecule has 1 aliphatic heterocycles. The van der Waals surface area contributed by atoms with Gasteiger partial charge in [-0.15, -0.1) is 0 Å². The lowest BCUT2D eigenvalue weighted by atomic mass is 9.88. The summed E-state index contributed by atoms with van der Waals surface area (Å²) in [7, 11) is 0. The van der Waals surface area contributed by atoms with Crippen molar-refractivity contribution < 1.29 is 4.74 Å². The van der Waals surface area contributed by atoms with Crippen molar-refractivity contribution >= 4 is 11.6 Å². The van der Waals surface area contributed by atoms with Gasteiger partial charge < -0.3 is 10.5 Å². The number of aryl methyl sites for hydroxylation is 2. The van der Waals surface area contributed by atoms with Crippen LogP contribution in [-0.4, -0.2) is 28.5 Å². The standard InChI is InChI=1S/C12H20ClN3O/c1-3-16-10(11(13)9(2)15-16)7-12(14)5-4-6-17-8-12/h3-8,14H2,1-2H3. The first kappa shape index (κ1) is 12.9. The molecule has 2 rings (SSSR count). The Morgan fingerprint density at radius 3 is 2.94 bits per heavy atom. The molecule has 2 N–H and O–H groups in total. The first-order valence-electron chi connectivity index (χ1n) is 6.14. The van der Waals surface area contributed by atoms with Gasteiger partial charge in [0.15, 0.2) is 0 Å². The van der Waals surface area contributed by atoms with Gasteiger partial charge in [-0.3, -0.25) is 4.68 Å². The van der Waals surface area contributed by atoms with Gasteiger partial charge in [-0.25, -0.2) is 0 Å². The molecule has 1 aromatic heterocycles. The van der Waals surface area contributed by atoms with Crippen LogP contribution in [0.1, 0.15) is 31.2 Å². The van der Waals surface area contributed by atoms with E-state index < -0.39 is 0 Å². The van der Waals surface area contributed by atoms with Gasteiger partial charge in [-0.05, 0) is 26.7 Å². The Labute approximate surface area is 107 Å². The van der Waals surface area contributed by atoms with Crippen molar-refractivity contribution in [2.24, 2.45) is 5.73 Å². The minimum absolute atomic E-state index is 0.290. The number of nitrogens with two attached hydrogens (primary N) is 1. The van der Waals surface area contributed by atoms with Gasteiger partial charge >= 0.3 is 0 Å². The quantitative estimate of drug-likeness (QED) is 0.900. The van der Waals surface area contributed by atoms with Crippen LogP contribution in [0.5, 0.6) is 0 Å². The summed E-state index contributed by atoms with van der Waals surface area (Å²) in [5, 5.41) is 5.17. The van der Waals surface area contributed by atoms with E-state index in [2.05, 4.69) is 12.0 Å². The molecule has 1 atom stereocenters. The maximum absolute atomic E-state index is 6.37. The molecule has 0 saturated carbocycles. The maximum Gasteiger partial charge on any atom is 0.0847 e. The number of aromatic nitrogens is 2. The molecule has 1 aliphatic rings. The molecule has 0 aromatic carbocycles. The van der Waals surface area contributed by atoms with E-state index in [0.717, 1.165) is 48.8 Å². The number of hydrogen-bond donors (Lipinski definition) is 1. The van der Waals surface area contributed by atoms with Crippen LogP contribution in [0.3, 0.4) is 0 Å². The molecule has 5 heteroatoms. The molecule has 0 amide bonds. The fourth-order valence-corrected chi connectivity index (χ4v) is 2.59. The zero-order valence-corrected chi connectivity index (χ0v) is 11.3. The van der Waals surface area contributed by atoms with Gasteiger partial charge in [0, 0.05) is 25.1 Å². The van der Waals surface area contributed by atoms with E-state index in [1.807, 2.05) is 11.6 Å². The van der Waals surface area contributed by atoms with Crippen molar-refractivity contribution in [2.45, 2.75) is 45.2 Å². The summed E-state index contributed by atoms with van der Waals surface area (Å²) in [5.74, 6) is 0. The smallest absolute Gasteiger partial charge is 0.0847 e. The predicted molar refractivity (Wildman–Crippen MR) is 68.3 cm³/mol. The van der Waals surface area contributed by atoms with Crippen LogP contribution in [0.2, 0.25) is 5.02 Å². The molecule has 1 fully saturated rings. The van der Waals surface area contributed by atoms with E-state index in [4.69, 9.17) is 22.1 Å². The number of nitrogens with zero attached hydrogens (tertiary/aromatic N) is 2. The summed E-state index contributed by atoms with van der Waals surface area (Å²) >= 11 is 6.29. The molecule has 0 aliphatic carbocycles. The third-order valence-electron chi connectivity index (χ3n) is 3.33. The summed E-state index contributed by atoms with van der Waals surface area (Å²) in [6.07, 6.45) is 2.74. The topological polar surface area (TPSA) is 53.1 Å². The molecular weight excluding hydrogens is 238 g/mol. The second-order valence-electron chi connectivity index (χ2n) is 4.86. The van der Waals surface area contributed by atoms with E-state index in [-0.39, 0.29) is 5.54 Å². The van der Waals surface area contributed by atoms with E-state index in [1.54, 1.807) is 0 Å². The summed E-state index contributed by atoms with van der Waals surface area (Å²) in [4.78, 5) is 0. The highest BCUT2D eigenvalue weighted by atomic mass is 35.5. The van der Waals surface area contributed by atoms with Crippen LogP contribution in [0, 0.1) is 6.92 Å². The van der Waals surface area contributed by atoms with Gasteiger partial charge in [0.2, 0.25) is 0 Å². The lowest BCUT2D eigenvalue weighted by Crippen LogP contribution is -2.49. The summed E-state index contributed by atoms with van der Waals surface area (Å²) < 4.78 is 7.43. The van der Waals surface area contributed by atoms with Crippen LogP contribution in [0.15, 0.2) is 0 Å². The molecule has 4 nitrogen and oxygen atoms in total. The van der Waals surface area contributed by atoms with Crippen LogP contribution in [-0.2, 0) is 17.7 Å². The monoisotopic (exact) mass is 257 g/mol. The minimum atomic E-state index is -0.290. The molecule has 0 spiro atoms. The van der Waals surface area contributed by atoms with Crippen LogP contribution in [0.4, 0.5) is 0 Å². The Morgan fingerprint density at radius 2 is 2.35 bits per heavy atom. The largest absolute Gasteiger partial charge is 0.380 e. The van der Waals surface area contributed by atoms with Gasteiger partial charge in [0.25, 0.3) is 0 Å². The normalized spacial score (nSPS) is 25.2. The van der Waals surface area contributed by atoms with E-state index in [0.29, 0.717) is 6.61 Å². The molecule has 0 bridgehead atoms. The molecule has 1 saturated heterocycles. The van der Waals surface area contributed by atoms with Crippen molar-refractivity contribution in [2.75, 3.05) is 13.2 Å². The molecular formula is C12H20ClN3O. The molecule has 1 aromatic rings. The SMILES string of the molecule is CCn1nc(C)c(Cl)c1CC1(N)CCCOC1. The predicted octanol–water partition coefficient (Wildman–Crippen LogP) is 1.92. The van der Waals surface area contributed by atoms with Crippen molar-refractivity contribution in [1.82, 2.24) is 9.78 Å². The lowest BCUT2D eigenvalue weighted by Gasteiger charge is -2.33. The van der Waals surface area contributed by atoms with Gasteiger partial charge in [0.1, 0.15) is 0 Å². The Hall–Kier alpha value is -0.580. The zero-order chi connectivity index (χ0) is 12.5. The minimum Gasteiger partial charge on any atom is -0.380 e. The maximum atomic E-state index is 6.37. The fourth-order valence-electron chi connectivity index (χ4n) is 2.38. The Bertz CT molecular complexity index is 397. The molecule has 0 radical (unpaired) electrons. The highest BCUT2D eigenvalue weighted by Crippen LogP contribution is 2.27. The summed E-state index contributed by atoms with van der Waals surface area (Å²) in [5.41, 5.74) is 8.00. The molecule has 96 valence electrons. The van der Waals surface area contributed by atoms with Crippen LogP contribution >= 0.6 is 11.6 Å². The second-order valence-corrected chi connectivity index (χ2v) is 5.24. The average Bonchev–Trinajstić information content (AvgIpc) is 2.57.